The molecule has 108 valence electrons. The number of ether oxygens (including phenoxy) is 1. The van der Waals surface area contributed by atoms with E-state index in [9.17, 15) is 14.9 Å². The number of carbonyl (C=O) groups is 1. The van der Waals surface area contributed by atoms with Crippen LogP contribution >= 0.6 is 0 Å². The van der Waals surface area contributed by atoms with Gasteiger partial charge in [0.05, 0.1) is 17.6 Å². The molecule has 1 aromatic heterocycles. The number of pyridine rings is 1. The molecule has 0 aliphatic heterocycles. The largest absolute Gasteiger partial charge is 0.465 e. The molecule has 0 unspecified atom stereocenters. The molecule has 21 heavy (non-hydrogen) atoms. The van der Waals surface area contributed by atoms with Crippen molar-refractivity contribution in [3.63, 3.8) is 0 Å². The first-order chi connectivity index (χ1) is 10.1. The van der Waals surface area contributed by atoms with Gasteiger partial charge in [0, 0.05) is 25.0 Å². The summed E-state index contributed by atoms with van der Waals surface area (Å²) in [7, 11) is 1.26. The summed E-state index contributed by atoms with van der Waals surface area (Å²) in [5.74, 6) is -0.547. The van der Waals surface area contributed by atoms with Crippen LogP contribution in [0, 0.1) is 10.1 Å². The number of carbonyl (C=O) groups excluding carboxylic acids is 1. The minimum absolute atomic E-state index is 0.105. The molecule has 2 aromatic rings. The number of nitro benzene ring substituents is 1. The van der Waals surface area contributed by atoms with Gasteiger partial charge < -0.3 is 10.1 Å². The van der Waals surface area contributed by atoms with E-state index in [1.54, 1.807) is 18.5 Å². The van der Waals surface area contributed by atoms with Crippen LogP contribution in [0.5, 0.6) is 0 Å². The molecule has 1 N–H and O–H groups in total. The van der Waals surface area contributed by atoms with Crippen LogP contribution in [0.3, 0.4) is 0 Å². The summed E-state index contributed by atoms with van der Waals surface area (Å²) >= 11 is 0. The molecular weight excluding hydrogens is 274 g/mol. The normalized spacial score (nSPS) is 9.95. The minimum atomic E-state index is -0.547. The molecule has 0 aliphatic rings. The number of methoxy groups -OCH3 is 1. The molecule has 7 heteroatoms. The van der Waals surface area contributed by atoms with Crippen molar-refractivity contribution in [2.24, 2.45) is 0 Å². The topological polar surface area (TPSA) is 94.4 Å². The quantitative estimate of drug-likeness (QED) is 0.515. The fourth-order valence-corrected chi connectivity index (χ4v) is 1.78. The van der Waals surface area contributed by atoms with Crippen LogP contribution in [0.4, 0.5) is 11.4 Å². The van der Waals surface area contributed by atoms with Gasteiger partial charge in [-0.25, -0.2) is 4.79 Å². The van der Waals surface area contributed by atoms with E-state index in [4.69, 9.17) is 0 Å². The van der Waals surface area contributed by atoms with Crippen LogP contribution in [0.2, 0.25) is 0 Å². The first-order valence-electron chi connectivity index (χ1n) is 6.11. The summed E-state index contributed by atoms with van der Waals surface area (Å²) in [6.45, 7) is 0.360. The summed E-state index contributed by atoms with van der Waals surface area (Å²) < 4.78 is 4.61. The highest BCUT2D eigenvalue weighted by Gasteiger charge is 2.17. The van der Waals surface area contributed by atoms with Crippen molar-refractivity contribution in [1.29, 1.82) is 0 Å². The highest BCUT2D eigenvalue weighted by atomic mass is 16.6. The van der Waals surface area contributed by atoms with Crippen LogP contribution in [0.15, 0.2) is 42.7 Å². The summed E-state index contributed by atoms with van der Waals surface area (Å²) in [5, 5.41) is 14.0. The number of hydrogen-bond donors (Lipinski definition) is 1. The summed E-state index contributed by atoms with van der Waals surface area (Å²) in [5.41, 5.74) is 1.27. The van der Waals surface area contributed by atoms with Gasteiger partial charge in [0.2, 0.25) is 0 Å². The third-order valence-electron chi connectivity index (χ3n) is 2.82. The molecule has 7 nitrogen and oxygen atoms in total. The lowest BCUT2D eigenvalue weighted by atomic mass is 10.1. The number of benzene rings is 1. The first-order valence-corrected chi connectivity index (χ1v) is 6.11. The number of esters is 1. The second-order valence-electron chi connectivity index (χ2n) is 4.20. The Morgan fingerprint density at radius 1 is 1.43 bits per heavy atom. The van der Waals surface area contributed by atoms with Crippen LogP contribution in [0.1, 0.15) is 15.9 Å². The van der Waals surface area contributed by atoms with Gasteiger partial charge in [-0.1, -0.05) is 6.07 Å². The molecule has 0 bridgehead atoms. The van der Waals surface area contributed by atoms with E-state index in [0.29, 0.717) is 6.54 Å². The lowest BCUT2D eigenvalue weighted by molar-refractivity contribution is -0.384. The molecule has 0 amide bonds. The molecule has 0 saturated carbocycles. The van der Waals surface area contributed by atoms with Crippen molar-refractivity contribution >= 4 is 17.3 Å². The minimum Gasteiger partial charge on any atom is -0.465 e. The van der Waals surface area contributed by atoms with Gasteiger partial charge in [0.25, 0.3) is 5.69 Å². The predicted octanol–water partition coefficient (Wildman–Crippen LogP) is 2.39. The zero-order valence-electron chi connectivity index (χ0n) is 11.3. The van der Waals surface area contributed by atoms with Crippen molar-refractivity contribution in [3.05, 3.63) is 64.0 Å². The molecule has 0 atom stereocenters. The van der Waals surface area contributed by atoms with Gasteiger partial charge in [-0.2, -0.15) is 0 Å². The number of nitrogens with one attached hydrogen (secondary N) is 1. The van der Waals surface area contributed by atoms with E-state index >= 15 is 0 Å². The number of rotatable bonds is 5. The summed E-state index contributed by atoms with van der Waals surface area (Å²) in [4.78, 5) is 26.0. The Morgan fingerprint density at radius 2 is 2.24 bits per heavy atom. The average molecular weight is 287 g/mol. The van der Waals surface area contributed by atoms with Crippen LogP contribution in [-0.4, -0.2) is 23.0 Å². The highest BCUT2D eigenvalue weighted by molar-refractivity contribution is 5.91. The number of aromatic nitrogens is 1. The average Bonchev–Trinajstić information content (AvgIpc) is 2.52. The van der Waals surface area contributed by atoms with E-state index < -0.39 is 10.9 Å². The van der Waals surface area contributed by atoms with E-state index in [1.165, 1.54) is 25.3 Å². The number of nitrogens with zero attached hydrogens (tertiary/aromatic N) is 2. The predicted molar refractivity (Wildman–Crippen MR) is 76.0 cm³/mol. The van der Waals surface area contributed by atoms with E-state index in [0.717, 1.165) is 5.56 Å². The van der Waals surface area contributed by atoms with Crippen molar-refractivity contribution in [1.82, 2.24) is 4.98 Å². The maximum Gasteiger partial charge on any atom is 0.337 e. The lowest BCUT2D eigenvalue weighted by Crippen LogP contribution is -2.06. The van der Waals surface area contributed by atoms with Gasteiger partial charge in [-0.3, -0.25) is 15.1 Å². The molecule has 0 fully saturated rings. The molecule has 1 heterocycles. The maximum absolute atomic E-state index is 11.5. The maximum atomic E-state index is 11.5. The molecule has 0 radical (unpaired) electrons. The van der Waals surface area contributed by atoms with Gasteiger partial charge in [-0.15, -0.1) is 0 Å². The number of anilines is 1. The summed E-state index contributed by atoms with van der Waals surface area (Å²) in [6.07, 6.45) is 3.30. The van der Waals surface area contributed by atoms with Crippen LogP contribution in [0.25, 0.3) is 0 Å². The van der Waals surface area contributed by atoms with Gasteiger partial charge in [0.15, 0.2) is 0 Å². The third-order valence-corrected chi connectivity index (χ3v) is 2.82. The van der Waals surface area contributed by atoms with Crippen LogP contribution < -0.4 is 5.32 Å². The highest BCUT2D eigenvalue weighted by Crippen LogP contribution is 2.26. The lowest BCUT2D eigenvalue weighted by Gasteiger charge is -2.08. The van der Waals surface area contributed by atoms with Crippen molar-refractivity contribution in [3.8, 4) is 0 Å². The Kier molecular flexibility index (Phi) is 4.45. The zero-order chi connectivity index (χ0) is 15.2. The smallest absolute Gasteiger partial charge is 0.337 e. The second-order valence-corrected chi connectivity index (χ2v) is 4.20. The summed E-state index contributed by atoms with van der Waals surface area (Å²) in [6, 6.07) is 7.66. The molecule has 2 rings (SSSR count). The molecular formula is C14H13N3O4. The molecule has 0 spiro atoms. The van der Waals surface area contributed by atoms with Gasteiger partial charge in [0.1, 0.15) is 5.69 Å². The Balaban J connectivity index is 2.26. The SMILES string of the molecule is COC(=O)c1ccc([N+](=O)[O-])c(NCc2cccnc2)c1. The Labute approximate surface area is 120 Å². The van der Waals surface area contributed by atoms with Crippen LogP contribution in [-0.2, 0) is 11.3 Å². The number of hydrogen-bond acceptors (Lipinski definition) is 6. The third kappa shape index (κ3) is 3.53. The van der Waals surface area contributed by atoms with E-state index in [-0.39, 0.29) is 16.9 Å². The Hall–Kier alpha value is -2.96. The monoisotopic (exact) mass is 287 g/mol. The molecule has 0 saturated heterocycles. The fourth-order valence-electron chi connectivity index (χ4n) is 1.78. The standard InChI is InChI=1S/C14H13N3O4/c1-21-14(18)11-4-5-13(17(19)20)12(7-11)16-9-10-3-2-6-15-8-10/h2-8,16H,9H2,1H3. The fraction of sp³-hybridized carbons (Fsp3) is 0.143. The molecule has 1 aromatic carbocycles. The second kappa shape index (κ2) is 6.47. The first kappa shape index (κ1) is 14.4. The molecule has 0 aliphatic carbocycles. The van der Waals surface area contributed by atoms with Gasteiger partial charge in [-0.05, 0) is 23.8 Å². The van der Waals surface area contributed by atoms with E-state index in [1.807, 2.05) is 6.07 Å². The Morgan fingerprint density at radius 3 is 2.86 bits per heavy atom. The van der Waals surface area contributed by atoms with Crippen molar-refractivity contribution < 1.29 is 14.5 Å². The number of nitro groups is 1. The van der Waals surface area contributed by atoms with Crippen molar-refractivity contribution in [2.45, 2.75) is 6.54 Å². The zero-order valence-corrected chi connectivity index (χ0v) is 11.3. The van der Waals surface area contributed by atoms with Gasteiger partial charge >= 0.3 is 5.97 Å². The van der Waals surface area contributed by atoms with Crippen molar-refractivity contribution in [2.75, 3.05) is 12.4 Å². The van der Waals surface area contributed by atoms with E-state index in [2.05, 4.69) is 15.0 Å². The Bertz CT molecular complexity index is 659.